The average Bonchev–Trinajstić information content (AvgIpc) is 3.17. The van der Waals surface area contributed by atoms with E-state index in [0.29, 0.717) is 22.6 Å². The summed E-state index contributed by atoms with van der Waals surface area (Å²) in [6.45, 7) is 13.3. The zero-order valence-electron chi connectivity index (χ0n) is 19.0. The number of ketones is 1. The molecule has 8 atom stereocenters. The van der Waals surface area contributed by atoms with E-state index in [2.05, 4.69) is 13.8 Å². The van der Waals surface area contributed by atoms with Gasteiger partial charge in [0.05, 0.1) is 5.41 Å². The number of carbonyl (C=O) groups excluding carboxylic acids is 2. The molecule has 4 aliphatic rings. The molecule has 2 fully saturated rings. The molecular formula is C25H34O5. The number of carbonyl (C=O) groups is 2. The Morgan fingerprint density at radius 1 is 1.27 bits per heavy atom. The van der Waals surface area contributed by atoms with Crippen molar-refractivity contribution in [2.75, 3.05) is 0 Å². The lowest BCUT2D eigenvalue weighted by atomic mass is 9.59. The number of fused-ring (bicyclic) bond motifs is 3. The molecule has 2 bridgehead atoms. The summed E-state index contributed by atoms with van der Waals surface area (Å²) >= 11 is 0. The monoisotopic (exact) mass is 414 g/mol. The first-order chi connectivity index (χ1) is 13.9. The summed E-state index contributed by atoms with van der Waals surface area (Å²) in [6.07, 6.45) is 3.74. The number of ether oxygens (including phenoxy) is 1. The fourth-order valence-corrected chi connectivity index (χ4v) is 6.89. The fraction of sp³-hybridized carbons (Fsp3) is 0.680. The van der Waals surface area contributed by atoms with Gasteiger partial charge in [0, 0.05) is 11.5 Å². The highest BCUT2D eigenvalue weighted by Crippen LogP contribution is 2.71. The van der Waals surface area contributed by atoms with E-state index in [-0.39, 0.29) is 29.0 Å². The predicted octanol–water partition coefficient (Wildman–Crippen LogP) is 3.36. The molecule has 0 aromatic heterocycles. The van der Waals surface area contributed by atoms with Gasteiger partial charge in [-0.1, -0.05) is 39.0 Å². The van der Waals surface area contributed by atoms with Gasteiger partial charge >= 0.3 is 5.97 Å². The van der Waals surface area contributed by atoms with Crippen LogP contribution in [0.2, 0.25) is 0 Å². The minimum absolute atomic E-state index is 0.0490. The highest BCUT2D eigenvalue weighted by molar-refractivity contribution is 5.95. The van der Waals surface area contributed by atoms with Crippen molar-refractivity contribution in [1.82, 2.24) is 0 Å². The number of hydrogen-bond acceptors (Lipinski definition) is 5. The van der Waals surface area contributed by atoms with E-state index in [0.717, 1.165) is 6.42 Å². The molecule has 5 nitrogen and oxygen atoms in total. The molecule has 0 aromatic carbocycles. The first-order valence-electron chi connectivity index (χ1n) is 11.0. The van der Waals surface area contributed by atoms with Gasteiger partial charge in [0.25, 0.3) is 0 Å². The number of rotatable bonds is 2. The molecule has 2 N–H and O–H groups in total. The summed E-state index contributed by atoms with van der Waals surface area (Å²) < 4.78 is 5.76. The maximum absolute atomic E-state index is 14.1. The van der Waals surface area contributed by atoms with Crippen molar-refractivity contribution in [3.63, 3.8) is 0 Å². The fourth-order valence-electron chi connectivity index (χ4n) is 6.89. The highest BCUT2D eigenvalue weighted by atomic mass is 16.6. The second-order valence-electron chi connectivity index (χ2n) is 10.6. The Kier molecular flexibility index (Phi) is 4.58. The van der Waals surface area contributed by atoms with Crippen molar-refractivity contribution >= 4 is 11.8 Å². The molecule has 0 aromatic rings. The first kappa shape index (κ1) is 21.5. The maximum atomic E-state index is 14.1. The number of aliphatic hydroxyl groups excluding tert-OH is 1. The summed E-state index contributed by atoms with van der Waals surface area (Å²) in [5, 5.41) is 23.6. The number of esters is 1. The lowest BCUT2D eigenvalue weighted by molar-refractivity contribution is -0.201. The molecule has 0 unspecified atom stereocenters. The topological polar surface area (TPSA) is 83.8 Å². The molecule has 0 amide bonds. The van der Waals surface area contributed by atoms with Gasteiger partial charge < -0.3 is 14.9 Å². The minimum atomic E-state index is -1.92. The van der Waals surface area contributed by atoms with Crippen LogP contribution in [0.1, 0.15) is 54.9 Å². The number of hydrogen-bond donors (Lipinski definition) is 2. The average molecular weight is 415 g/mol. The Balaban J connectivity index is 1.89. The third-order valence-corrected chi connectivity index (χ3v) is 8.82. The SMILES string of the molecule is CC=C(C)C(=O)O[C@H]1C(C)=C[C@]23C(=O)[C@@H](C=C(C)[C@@H](O)[C@]12O)[C@H]1[C@@H](C[C@H]3C)C1(C)C. The third kappa shape index (κ3) is 2.36. The van der Waals surface area contributed by atoms with Crippen molar-refractivity contribution in [1.29, 1.82) is 0 Å². The number of Topliss-reactive ketones (excluding diaryl/α,β-unsaturated/α-hetero) is 1. The van der Waals surface area contributed by atoms with E-state index in [4.69, 9.17) is 4.74 Å². The summed E-state index contributed by atoms with van der Waals surface area (Å²) in [4.78, 5) is 26.7. The van der Waals surface area contributed by atoms with Crippen LogP contribution in [-0.4, -0.2) is 39.8 Å². The van der Waals surface area contributed by atoms with Crippen LogP contribution in [0.3, 0.4) is 0 Å². The molecule has 1 spiro atoms. The third-order valence-electron chi connectivity index (χ3n) is 8.82. The van der Waals surface area contributed by atoms with E-state index in [1.54, 1.807) is 33.8 Å². The van der Waals surface area contributed by atoms with Crippen LogP contribution in [0.5, 0.6) is 0 Å². The van der Waals surface area contributed by atoms with E-state index in [1.807, 2.05) is 19.1 Å². The molecule has 2 saturated carbocycles. The van der Waals surface area contributed by atoms with E-state index in [1.165, 1.54) is 0 Å². The lowest BCUT2D eigenvalue weighted by Gasteiger charge is -2.48. The van der Waals surface area contributed by atoms with E-state index in [9.17, 15) is 19.8 Å². The Labute approximate surface area is 178 Å². The molecular weight excluding hydrogens is 380 g/mol. The van der Waals surface area contributed by atoms with Crippen LogP contribution in [0, 0.1) is 34.5 Å². The van der Waals surface area contributed by atoms with E-state index >= 15 is 0 Å². The van der Waals surface area contributed by atoms with E-state index < -0.39 is 29.2 Å². The van der Waals surface area contributed by atoms with Gasteiger partial charge in [-0.2, -0.15) is 0 Å². The van der Waals surface area contributed by atoms with Crippen molar-refractivity contribution in [2.24, 2.45) is 34.5 Å². The Hall–Kier alpha value is -1.72. The zero-order valence-corrected chi connectivity index (χ0v) is 19.0. The van der Waals surface area contributed by atoms with Gasteiger partial charge in [-0.05, 0) is 68.4 Å². The second-order valence-corrected chi connectivity index (χ2v) is 10.6. The van der Waals surface area contributed by atoms with Crippen LogP contribution >= 0.6 is 0 Å². The van der Waals surface area contributed by atoms with Gasteiger partial charge in [-0.15, -0.1) is 0 Å². The molecule has 4 aliphatic carbocycles. The van der Waals surface area contributed by atoms with Crippen molar-refractivity contribution in [3.05, 3.63) is 34.9 Å². The summed E-state index contributed by atoms with van der Waals surface area (Å²) in [5.41, 5.74) is -1.53. The molecule has 0 heterocycles. The number of aliphatic hydroxyl groups is 2. The van der Waals surface area contributed by atoms with Crippen LogP contribution in [0.15, 0.2) is 34.9 Å². The molecule has 0 saturated heterocycles. The Morgan fingerprint density at radius 2 is 1.90 bits per heavy atom. The van der Waals surface area contributed by atoms with Crippen LogP contribution in [0.4, 0.5) is 0 Å². The molecule has 0 radical (unpaired) electrons. The summed E-state index contributed by atoms with van der Waals surface area (Å²) in [6, 6.07) is 0. The second kappa shape index (κ2) is 6.39. The molecule has 0 aliphatic heterocycles. The van der Waals surface area contributed by atoms with Gasteiger partial charge in [0.15, 0.2) is 17.5 Å². The lowest BCUT2D eigenvalue weighted by Crippen LogP contribution is -2.65. The van der Waals surface area contributed by atoms with Gasteiger partial charge in [-0.3, -0.25) is 4.79 Å². The Morgan fingerprint density at radius 3 is 2.50 bits per heavy atom. The standard InChI is InChI=1S/C25H34O5/c1-8-12(2)22(28)30-21-14(4)11-24-15(5)10-17-18(23(17,6)7)16(20(24)27)9-13(3)19(26)25(21,24)29/h8-9,11,15-19,21,26,29H,10H2,1-7H3/t15-,16+,17-,18+,19-,21+,24+,25+/m1/s1. The van der Waals surface area contributed by atoms with Gasteiger partial charge in [0.2, 0.25) is 0 Å². The van der Waals surface area contributed by atoms with Crippen LogP contribution in [-0.2, 0) is 14.3 Å². The number of allylic oxidation sites excluding steroid dienone is 2. The summed E-state index contributed by atoms with van der Waals surface area (Å²) in [5.74, 6) is -0.541. The minimum Gasteiger partial charge on any atom is -0.451 e. The molecule has 164 valence electrons. The zero-order chi connectivity index (χ0) is 22.4. The van der Waals surface area contributed by atoms with Gasteiger partial charge in [-0.25, -0.2) is 4.79 Å². The smallest absolute Gasteiger partial charge is 0.334 e. The van der Waals surface area contributed by atoms with Crippen molar-refractivity contribution in [3.8, 4) is 0 Å². The van der Waals surface area contributed by atoms with Crippen molar-refractivity contribution in [2.45, 2.75) is 72.7 Å². The predicted molar refractivity (Wildman–Crippen MR) is 113 cm³/mol. The normalized spacial score (nSPS) is 46.7. The molecule has 5 heteroatoms. The van der Waals surface area contributed by atoms with Crippen molar-refractivity contribution < 1.29 is 24.5 Å². The largest absolute Gasteiger partial charge is 0.451 e. The first-order valence-corrected chi connectivity index (χ1v) is 11.0. The highest BCUT2D eigenvalue weighted by Gasteiger charge is 2.76. The molecule has 4 rings (SSSR count). The van der Waals surface area contributed by atoms with Crippen LogP contribution in [0.25, 0.3) is 0 Å². The quantitative estimate of drug-likeness (QED) is 0.411. The van der Waals surface area contributed by atoms with Gasteiger partial charge in [0.1, 0.15) is 6.10 Å². The Bertz CT molecular complexity index is 908. The summed E-state index contributed by atoms with van der Waals surface area (Å²) in [7, 11) is 0. The molecule has 30 heavy (non-hydrogen) atoms. The maximum Gasteiger partial charge on any atom is 0.334 e. The van der Waals surface area contributed by atoms with Crippen LogP contribution < -0.4 is 0 Å².